The number of carboxylic acids is 1. The van der Waals surface area contributed by atoms with Crippen LogP contribution in [-0.2, 0) is 0 Å². The fourth-order valence-corrected chi connectivity index (χ4v) is 1.42. The van der Waals surface area contributed by atoms with Crippen LogP contribution in [0, 0.1) is 0 Å². The zero-order chi connectivity index (χ0) is 10.8. The molecule has 2 aromatic heterocycles. The van der Waals surface area contributed by atoms with Gasteiger partial charge in [0.2, 0.25) is 0 Å². The van der Waals surface area contributed by atoms with Crippen LogP contribution in [0.5, 0.6) is 0 Å². The summed E-state index contributed by atoms with van der Waals surface area (Å²) in [5.41, 5.74) is 0.550. The van der Waals surface area contributed by atoms with Gasteiger partial charge in [0, 0.05) is 28.5 Å². The smallest absolute Gasteiger partial charge is 0.358 e. The van der Waals surface area contributed by atoms with Crippen LogP contribution in [0.1, 0.15) is 10.5 Å². The second kappa shape index (κ2) is 3.82. The molecule has 0 aliphatic heterocycles. The number of pyridine rings is 1. The second-order valence-electron chi connectivity index (χ2n) is 2.77. The third kappa shape index (κ3) is 2.04. The van der Waals surface area contributed by atoms with Crippen molar-refractivity contribution in [2.75, 3.05) is 0 Å². The first kappa shape index (κ1) is 9.85. The number of carboxylic acid groups (broad SMARTS) is 1. The van der Waals surface area contributed by atoms with E-state index in [4.69, 9.17) is 9.63 Å². The number of rotatable bonds is 2. The molecule has 76 valence electrons. The van der Waals surface area contributed by atoms with Gasteiger partial charge >= 0.3 is 5.97 Å². The average molecular weight is 269 g/mol. The third-order valence-corrected chi connectivity index (χ3v) is 2.15. The predicted molar refractivity (Wildman–Crippen MR) is 54.4 cm³/mol. The lowest BCUT2D eigenvalue weighted by molar-refractivity contribution is 0.0686. The van der Waals surface area contributed by atoms with Crippen molar-refractivity contribution in [2.45, 2.75) is 0 Å². The number of hydrogen-bond acceptors (Lipinski definition) is 4. The number of carbonyl (C=O) groups is 1. The van der Waals surface area contributed by atoms with E-state index < -0.39 is 5.97 Å². The van der Waals surface area contributed by atoms with Gasteiger partial charge in [0.05, 0.1) is 0 Å². The Morgan fingerprint density at radius 1 is 1.40 bits per heavy atom. The first-order chi connectivity index (χ1) is 7.16. The second-order valence-corrected chi connectivity index (χ2v) is 3.69. The van der Waals surface area contributed by atoms with Crippen LogP contribution < -0.4 is 0 Å². The highest BCUT2D eigenvalue weighted by atomic mass is 79.9. The van der Waals surface area contributed by atoms with Gasteiger partial charge in [-0.05, 0) is 22.0 Å². The van der Waals surface area contributed by atoms with E-state index in [2.05, 4.69) is 26.1 Å². The Hall–Kier alpha value is -1.69. The maximum atomic E-state index is 10.6. The Bertz CT molecular complexity index is 510. The monoisotopic (exact) mass is 268 g/mol. The van der Waals surface area contributed by atoms with Crippen LogP contribution in [0.4, 0.5) is 0 Å². The highest BCUT2D eigenvalue weighted by Gasteiger charge is 2.12. The molecule has 2 heterocycles. The van der Waals surface area contributed by atoms with Crippen LogP contribution >= 0.6 is 15.9 Å². The molecule has 0 aliphatic carbocycles. The number of hydrogen-bond donors (Lipinski definition) is 1. The Kier molecular flexibility index (Phi) is 2.51. The van der Waals surface area contributed by atoms with E-state index in [1.165, 1.54) is 6.07 Å². The van der Waals surface area contributed by atoms with Crippen molar-refractivity contribution in [3.8, 4) is 11.3 Å². The Morgan fingerprint density at radius 2 is 2.20 bits per heavy atom. The molecule has 0 radical (unpaired) electrons. The number of nitrogens with zero attached hydrogens (tertiary/aromatic N) is 2. The Morgan fingerprint density at radius 3 is 2.80 bits per heavy atom. The molecule has 5 nitrogen and oxygen atoms in total. The van der Waals surface area contributed by atoms with Gasteiger partial charge in [-0.2, -0.15) is 0 Å². The minimum absolute atomic E-state index is 0.120. The lowest BCUT2D eigenvalue weighted by Gasteiger charge is -1.93. The lowest BCUT2D eigenvalue weighted by Crippen LogP contribution is -1.94. The highest BCUT2D eigenvalue weighted by molar-refractivity contribution is 9.10. The van der Waals surface area contributed by atoms with Gasteiger partial charge < -0.3 is 9.63 Å². The molecule has 15 heavy (non-hydrogen) atoms. The topological polar surface area (TPSA) is 76.2 Å². The molecule has 0 fully saturated rings. The molecule has 1 N–H and O–H groups in total. The van der Waals surface area contributed by atoms with Crippen LogP contribution in [-0.4, -0.2) is 21.2 Å². The van der Waals surface area contributed by atoms with Crippen molar-refractivity contribution in [3.05, 3.63) is 34.7 Å². The molecule has 6 heteroatoms. The normalized spacial score (nSPS) is 10.2. The largest absolute Gasteiger partial charge is 0.476 e. The van der Waals surface area contributed by atoms with Gasteiger partial charge in [-0.25, -0.2) is 4.79 Å². The quantitative estimate of drug-likeness (QED) is 0.904. The molecule has 2 aromatic rings. The van der Waals surface area contributed by atoms with Crippen molar-refractivity contribution in [3.63, 3.8) is 0 Å². The number of halogens is 1. The molecule has 0 aromatic carbocycles. The predicted octanol–water partition coefficient (Wildman–Crippen LogP) is 2.20. The van der Waals surface area contributed by atoms with Crippen molar-refractivity contribution < 1.29 is 14.4 Å². The minimum atomic E-state index is -1.12. The van der Waals surface area contributed by atoms with Crippen molar-refractivity contribution >= 4 is 21.9 Å². The minimum Gasteiger partial charge on any atom is -0.476 e. The van der Waals surface area contributed by atoms with E-state index in [-0.39, 0.29) is 5.69 Å². The van der Waals surface area contributed by atoms with Gasteiger partial charge in [-0.1, -0.05) is 5.16 Å². The molecule has 0 saturated heterocycles. The van der Waals surface area contributed by atoms with Crippen LogP contribution in [0.15, 0.2) is 33.5 Å². The van der Waals surface area contributed by atoms with E-state index in [9.17, 15) is 4.79 Å². The van der Waals surface area contributed by atoms with Gasteiger partial charge in [0.25, 0.3) is 0 Å². The summed E-state index contributed by atoms with van der Waals surface area (Å²) < 4.78 is 5.66. The van der Waals surface area contributed by atoms with Crippen molar-refractivity contribution in [1.82, 2.24) is 10.1 Å². The average Bonchev–Trinajstić information content (AvgIpc) is 2.66. The zero-order valence-corrected chi connectivity index (χ0v) is 8.93. The van der Waals surface area contributed by atoms with Crippen LogP contribution in [0.3, 0.4) is 0 Å². The highest BCUT2D eigenvalue weighted by Crippen LogP contribution is 2.22. The Balaban J connectivity index is 2.41. The first-order valence-corrected chi connectivity index (χ1v) is 4.77. The SMILES string of the molecule is O=C(O)c1cc(-c2cncc(Br)c2)on1. The lowest BCUT2D eigenvalue weighted by atomic mass is 10.2. The van der Waals surface area contributed by atoms with Crippen LogP contribution in [0.2, 0.25) is 0 Å². The summed E-state index contributed by atoms with van der Waals surface area (Å²) in [7, 11) is 0. The fraction of sp³-hybridized carbons (Fsp3) is 0. The maximum Gasteiger partial charge on any atom is 0.358 e. The number of aromatic carboxylic acids is 1. The third-order valence-electron chi connectivity index (χ3n) is 1.72. The molecule has 0 amide bonds. The van der Waals surface area contributed by atoms with E-state index in [1.54, 1.807) is 18.5 Å². The van der Waals surface area contributed by atoms with E-state index in [0.717, 1.165) is 4.47 Å². The van der Waals surface area contributed by atoms with Crippen molar-refractivity contribution in [1.29, 1.82) is 0 Å². The molecule has 0 spiro atoms. The number of aromatic nitrogens is 2. The summed E-state index contributed by atoms with van der Waals surface area (Å²) in [6.45, 7) is 0. The van der Waals surface area contributed by atoms with Gasteiger partial charge in [-0.3, -0.25) is 4.98 Å². The molecule has 2 rings (SSSR count). The van der Waals surface area contributed by atoms with Crippen molar-refractivity contribution in [2.24, 2.45) is 0 Å². The molecular formula is C9H5BrN2O3. The summed E-state index contributed by atoms with van der Waals surface area (Å²) in [6.07, 6.45) is 3.19. The zero-order valence-electron chi connectivity index (χ0n) is 7.35. The van der Waals surface area contributed by atoms with Crippen LogP contribution in [0.25, 0.3) is 11.3 Å². The summed E-state index contributed by atoms with van der Waals surface area (Å²) in [4.78, 5) is 14.5. The van der Waals surface area contributed by atoms with E-state index >= 15 is 0 Å². The fourth-order valence-electron chi connectivity index (χ4n) is 1.06. The van der Waals surface area contributed by atoms with Gasteiger partial charge in [0.1, 0.15) is 0 Å². The van der Waals surface area contributed by atoms with E-state index in [1.807, 2.05) is 0 Å². The molecule has 0 bridgehead atoms. The molecule has 0 saturated carbocycles. The molecule has 0 atom stereocenters. The summed E-state index contributed by atoms with van der Waals surface area (Å²) >= 11 is 3.25. The van der Waals surface area contributed by atoms with E-state index in [0.29, 0.717) is 11.3 Å². The maximum absolute atomic E-state index is 10.6. The summed E-state index contributed by atoms with van der Waals surface area (Å²) in [5.74, 6) is -0.742. The molecular weight excluding hydrogens is 264 g/mol. The molecule has 0 aliphatic rings. The van der Waals surface area contributed by atoms with Gasteiger partial charge in [0.15, 0.2) is 11.5 Å². The summed E-state index contributed by atoms with van der Waals surface area (Å²) in [6, 6.07) is 3.12. The standard InChI is InChI=1S/C9H5BrN2O3/c10-6-1-5(3-11-4-6)8-2-7(9(13)14)12-15-8/h1-4H,(H,13,14). The van der Waals surface area contributed by atoms with Gasteiger partial charge in [-0.15, -0.1) is 0 Å². The molecule has 0 unspecified atom stereocenters. The Labute approximate surface area is 92.9 Å². The first-order valence-electron chi connectivity index (χ1n) is 3.98. The summed E-state index contributed by atoms with van der Waals surface area (Å²) in [5, 5.41) is 12.1.